The highest BCUT2D eigenvalue weighted by molar-refractivity contribution is 6.32. The predicted molar refractivity (Wildman–Crippen MR) is 98.1 cm³/mol. The summed E-state index contributed by atoms with van der Waals surface area (Å²) in [6.07, 6.45) is 7.10. The van der Waals surface area contributed by atoms with Crippen LogP contribution in [0.4, 0.5) is 0 Å². The molecule has 1 aromatic carbocycles. The van der Waals surface area contributed by atoms with Gasteiger partial charge in [-0.25, -0.2) is 4.98 Å². The summed E-state index contributed by atoms with van der Waals surface area (Å²) >= 11 is 6.18. The number of nitrogens with zero attached hydrogens (tertiary/aromatic N) is 4. The van der Waals surface area contributed by atoms with Gasteiger partial charge < -0.3 is 0 Å². The topological polar surface area (TPSA) is 54.5 Å². The lowest BCUT2D eigenvalue weighted by Crippen LogP contribution is -2.04. The van der Waals surface area contributed by atoms with Gasteiger partial charge in [-0.1, -0.05) is 29.7 Å². The van der Waals surface area contributed by atoms with Crippen molar-refractivity contribution in [3.05, 3.63) is 69.8 Å². The van der Waals surface area contributed by atoms with Crippen LogP contribution < -0.4 is 0 Å². The fourth-order valence-electron chi connectivity index (χ4n) is 2.81. The van der Waals surface area contributed by atoms with E-state index in [1.165, 1.54) is 0 Å². The van der Waals surface area contributed by atoms with Gasteiger partial charge >= 0.3 is 0 Å². The van der Waals surface area contributed by atoms with Crippen molar-refractivity contribution in [2.24, 2.45) is 0 Å². The minimum absolute atomic E-state index is 0.445. The maximum absolute atomic E-state index is 9.03. The van der Waals surface area contributed by atoms with E-state index in [4.69, 9.17) is 23.3 Å². The summed E-state index contributed by atoms with van der Waals surface area (Å²) in [5.74, 6) is 2.51. The Balaban J connectivity index is 1.97. The molecule has 2 aromatic heterocycles. The summed E-state index contributed by atoms with van der Waals surface area (Å²) in [5, 5.41) is 14.1. The molecular weight excluding hydrogens is 332 g/mol. The maximum Gasteiger partial charge on any atom is 0.112 e. The summed E-state index contributed by atoms with van der Waals surface area (Å²) in [7, 11) is 0. The summed E-state index contributed by atoms with van der Waals surface area (Å²) in [4.78, 5) is 4.22. The third kappa shape index (κ3) is 3.26. The van der Waals surface area contributed by atoms with E-state index >= 15 is 0 Å². The van der Waals surface area contributed by atoms with Gasteiger partial charge in [0.1, 0.15) is 11.8 Å². The number of nitriles is 1. The standard InChI is InChI=1S/C20H15ClN4/c1-4-18-8-5-15(11-23-18)12-25-14(3)20(13(2)24-25)16-6-7-17(10-22)19(21)9-16/h1,5-9,11H,12H2,2-3H3. The number of hydrogen-bond acceptors (Lipinski definition) is 3. The molecular formula is C20H15ClN4. The highest BCUT2D eigenvalue weighted by Gasteiger charge is 2.15. The number of hydrogen-bond donors (Lipinski definition) is 0. The first-order valence-corrected chi connectivity index (χ1v) is 8.07. The van der Waals surface area contributed by atoms with E-state index in [0.29, 0.717) is 22.8 Å². The van der Waals surface area contributed by atoms with Crippen molar-refractivity contribution in [3.8, 4) is 29.5 Å². The molecule has 0 spiro atoms. The Bertz CT molecular complexity index is 1020. The number of aryl methyl sites for hydroxylation is 1. The smallest absolute Gasteiger partial charge is 0.112 e. The van der Waals surface area contributed by atoms with Gasteiger partial charge in [0.05, 0.1) is 22.8 Å². The third-order valence-corrected chi connectivity index (χ3v) is 4.38. The first kappa shape index (κ1) is 16.8. The van der Waals surface area contributed by atoms with Gasteiger partial charge in [-0.05, 0) is 43.2 Å². The second kappa shape index (κ2) is 6.81. The van der Waals surface area contributed by atoms with Crippen LogP contribution in [0, 0.1) is 37.5 Å². The van der Waals surface area contributed by atoms with E-state index in [1.54, 1.807) is 12.3 Å². The van der Waals surface area contributed by atoms with Gasteiger partial charge in [0.25, 0.3) is 0 Å². The molecule has 0 aliphatic carbocycles. The van der Waals surface area contributed by atoms with Crippen molar-refractivity contribution in [1.29, 1.82) is 5.26 Å². The zero-order valence-electron chi connectivity index (χ0n) is 13.9. The van der Waals surface area contributed by atoms with Crippen LogP contribution in [0.25, 0.3) is 11.1 Å². The van der Waals surface area contributed by atoms with Gasteiger partial charge in [0.15, 0.2) is 0 Å². The number of halogens is 1. The molecule has 4 nitrogen and oxygen atoms in total. The second-order valence-electron chi connectivity index (χ2n) is 5.71. The van der Waals surface area contributed by atoms with Crippen molar-refractivity contribution in [2.45, 2.75) is 20.4 Å². The molecule has 2 heterocycles. The molecule has 3 aromatic rings. The quantitative estimate of drug-likeness (QED) is 0.670. The van der Waals surface area contributed by atoms with Gasteiger partial charge in [-0.15, -0.1) is 6.42 Å². The maximum atomic E-state index is 9.03. The number of pyridine rings is 1. The summed E-state index contributed by atoms with van der Waals surface area (Å²) in [6, 6.07) is 11.3. The lowest BCUT2D eigenvalue weighted by atomic mass is 10.0. The fourth-order valence-corrected chi connectivity index (χ4v) is 3.03. The molecule has 0 bridgehead atoms. The number of rotatable bonds is 3. The fraction of sp³-hybridized carbons (Fsp3) is 0.150. The predicted octanol–water partition coefficient (Wildman–Crippen LogP) is 4.12. The zero-order chi connectivity index (χ0) is 18.0. The first-order chi connectivity index (χ1) is 12.0. The van der Waals surface area contributed by atoms with E-state index in [-0.39, 0.29) is 0 Å². The Hall–Kier alpha value is -3.08. The van der Waals surface area contributed by atoms with Crippen molar-refractivity contribution in [1.82, 2.24) is 14.8 Å². The van der Waals surface area contributed by atoms with Gasteiger partial charge in [0, 0.05) is 17.5 Å². The molecule has 0 N–H and O–H groups in total. The molecule has 0 fully saturated rings. The van der Waals surface area contributed by atoms with Gasteiger partial charge in [-0.2, -0.15) is 10.4 Å². The SMILES string of the molecule is C#Cc1ccc(Cn2nc(C)c(-c3ccc(C#N)c(Cl)c3)c2C)cn1. The number of benzene rings is 1. The first-order valence-electron chi connectivity index (χ1n) is 7.69. The van der Waals surface area contributed by atoms with Crippen LogP contribution in [0.15, 0.2) is 36.5 Å². The molecule has 0 aliphatic heterocycles. The van der Waals surface area contributed by atoms with Crippen molar-refractivity contribution in [2.75, 3.05) is 0 Å². The number of aromatic nitrogens is 3. The summed E-state index contributed by atoms with van der Waals surface area (Å²) in [5.41, 5.74) is 6.02. The monoisotopic (exact) mass is 346 g/mol. The number of terminal acetylenes is 1. The van der Waals surface area contributed by atoms with Crippen molar-refractivity contribution in [3.63, 3.8) is 0 Å². The second-order valence-corrected chi connectivity index (χ2v) is 6.11. The Morgan fingerprint density at radius 1 is 1.24 bits per heavy atom. The summed E-state index contributed by atoms with van der Waals surface area (Å²) in [6.45, 7) is 4.59. The summed E-state index contributed by atoms with van der Waals surface area (Å²) < 4.78 is 1.93. The Kier molecular flexibility index (Phi) is 4.57. The van der Waals surface area contributed by atoms with Gasteiger partial charge in [-0.3, -0.25) is 4.68 Å². The van der Waals surface area contributed by atoms with Crippen molar-refractivity contribution < 1.29 is 0 Å². The molecule has 0 unspecified atom stereocenters. The molecule has 5 heteroatoms. The van der Waals surface area contributed by atoms with E-state index in [2.05, 4.69) is 22.1 Å². The zero-order valence-corrected chi connectivity index (χ0v) is 14.7. The lowest BCUT2D eigenvalue weighted by Gasteiger charge is -2.07. The van der Waals surface area contributed by atoms with Crippen molar-refractivity contribution >= 4 is 11.6 Å². The Morgan fingerprint density at radius 2 is 2.04 bits per heavy atom. The molecule has 122 valence electrons. The van der Waals surface area contributed by atoms with E-state index in [1.807, 2.05) is 42.8 Å². The normalized spacial score (nSPS) is 10.3. The largest absolute Gasteiger partial charge is 0.264 e. The minimum Gasteiger partial charge on any atom is -0.264 e. The van der Waals surface area contributed by atoms with Crippen LogP contribution in [-0.4, -0.2) is 14.8 Å². The molecule has 0 amide bonds. The van der Waals surface area contributed by atoms with E-state index in [0.717, 1.165) is 28.1 Å². The molecule has 0 saturated heterocycles. The van der Waals surface area contributed by atoms with Crippen LogP contribution >= 0.6 is 11.6 Å². The van der Waals surface area contributed by atoms with Crippen LogP contribution in [-0.2, 0) is 6.54 Å². The molecule has 0 atom stereocenters. The Morgan fingerprint density at radius 3 is 2.64 bits per heavy atom. The third-order valence-electron chi connectivity index (χ3n) is 4.06. The highest BCUT2D eigenvalue weighted by atomic mass is 35.5. The van der Waals surface area contributed by atoms with Crippen LogP contribution in [0.1, 0.15) is 28.2 Å². The highest BCUT2D eigenvalue weighted by Crippen LogP contribution is 2.30. The molecule has 0 radical (unpaired) electrons. The van der Waals surface area contributed by atoms with Gasteiger partial charge in [0.2, 0.25) is 0 Å². The lowest BCUT2D eigenvalue weighted by molar-refractivity contribution is 0.657. The minimum atomic E-state index is 0.445. The molecule has 25 heavy (non-hydrogen) atoms. The van der Waals surface area contributed by atoms with Crippen LogP contribution in [0.2, 0.25) is 5.02 Å². The molecule has 0 aliphatic rings. The molecule has 0 saturated carbocycles. The Labute approximate surface area is 151 Å². The average molecular weight is 347 g/mol. The molecule has 3 rings (SSSR count). The average Bonchev–Trinajstić information content (AvgIpc) is 2.89. The van der Waals surface area contributed by atoms with E-state index < -0.39 is 0 Å². The van der Waals surface area contributed by atoms with Crippen LogP contribution in [0.5, 0.6) is 0 Å². The van der Waals surface area contributed by atoms with E-state index in [9.17, 15) is 0 Å². The van der Waals surface area contributed by atoms with Crippen LogP contribution in [0.3, 0.4) is 0 Å².